The Kier molecular flexibility index (Phi) is 5.11. The predicted molar refractivity (Wildman–Crippen MR) is 71.0 cm³/mol. The standard InChI is InChI=1S/C14H22N2O4/c1-3-18-12(17)10-11-15-13(16-20-11)14(19-4-2)8-6-5-7-9-14/h3-10H2,1-2H3. The Labute approximate surface area is 118 Å². The average molecular weight is 282 g/mol. The largest absolute Gasteiger partial charge is 0.466 e. The van der Waals surface area contributed by atoms with Crippen LogP contribution in [-0.4, -0.2) is 29.3 Å². The van der Waals surface area contributed by atoms with Crippen LogP contribution < -0.4 is 0 Å². The lowest BCUT2D eigenvalue weighted by Gasteiger charge is -2.33. The number of esters is 1. The predicted octanol–water partition coefficient (Wildman–Crippen LogP) is 2.37. The van der Waals surface area contributed by atoms with Crippen molar-refractivity contribution in [3.05, 3.63) is 11.7 Å². The monoisotopic (exact) mass is 282 g/mol. The minimum absolute atomic E-state index is 0.0169. The summed E-state index contributed by atoms with van der Waals surface area (Å²) in [5.41, 5.74) is -0.441. The first-order valence-electron chi connectivity index (χ1n) is 7.33. The number of ether oxygens (including phenoxy) is 2. The maximum atomic E-state index is 11.4. The molecule has 0 bridgehead atoms. The van der Waals surface area contributed by atoms with Gasteiger partial charge in [0.25, 0.3) is 0 Å². The molecular formula is C14H22N2O4. The van der Waals surface area contributed by atoms with Crippen LogP contribution in [0.4, 0.5) is 0 Å². The van der Waals surface area contributed by atoms with Gasteiger partial charge in [-0.05, 0) is 26.7 Å². The zero-order valence-electron chi connectivity index (χ0n) is 12.2. The first kappa shape index (κ1) is 15.0. The van der Waals surface area contributed by atoms with E-state index in [4.69, 9.17) is 14.0 Å². The van der Waals surface area contributed by atoms with E-state index in [0.29, 0.717) is 24.9 Å². The molecule has 1 aliphatic carbocycles. The van der Waals surface area contributed by atoms with Gasteiger partial charge in [0, 0.05) is 6.61 Å². The SMILES string of the molecule is CCOC(=O)Cc1nc(C2(OCC)CCCCC2)no1. The summed E-state index contributed by atoms with van der Waals surface area (Å²) in [6, 6.07) is 0. The van der Waals surface area contributed by atoms with E-state index in [2.05, 4.69) is 10.1 Å². The van der Waals surface area contributed by atoms with Crippen molar-refractivity contribution in [3.63, 3.8) is 0 Å². The summed E-state index contributed by atoms with van der Waals surface area (Å²) in [5.74, 6) is 0.512. The Morgan fingerprint density at radius 3 is 2.65 bits per heavy atom. The maximum absolute atomic E-state index is 11.4. The normalized spacial score (nSPS) is 17.9. The summed E-state index contributed by atoms with van der Waals surface area (Å²) in [6.07, 6.45) is 5.23. The molecule has 112 valence electrons. The minimum atomic E-state index is -0.441. The van der Waals surface area contributed by atoms with E-state index in [1.165, 1.54) is 6.42 Å². The molecule has 0 N–H and O–H groups in total. The third kappa shape index (κ3) is 3.36. The van der Waals surface area contributed by atoms with E-state index < -0.39 is 5.60 Å². The second-order valence-corrected chi connectivity index (χ2v) is 4.98. The highest BCUT2D eigenvalue weighted by atomic mass is 16.5. The zero-order chi connectivity index (χ0) is 14.4. The lowest BCUT2D eigenvalue weighted by molar-refractivity contribution is -0.142. The lowest BCUT2D eigenvalue weighted by Crippen LogP contribution is -2.33. The molecule has 0 unspecified atom stereocenters. The van der Waals surface area contributed by atoms with Crippen molar-refractivity contribution in [2.24, 2.45) is 0 Å². The van der Waals surface area contributed by atoms with E-state index in [-0.39, 0.29) is 12.4 Å². The quantitative estimate of drug-likeness (QED) is 0.746. The van der Waals surface area contributed by atoms with E-state index in [9.17, 15) is 4.79 Å². The van der Waals surface area contributed by atoms with E-state index in [0.717, 1.165) is 25.7 Å². The molecule has 0 saturated heterocycles. The molecule has 0 amide bonds. The van der Waals surface area contributed by atoms with Gasteiger partial charge in [0.1, 0.15) is 12.0 Å². The molecule has 2 rings (SSSR count). The smallest absolute Gasteiger partial charge is 0.315 e. The van der Waals surface area contributed by atoms with Crippen LogP contribution >= 0.6 is 0 Å². The average Bonchev–Trinajstić information content (AvgIpc) is 2.89. The number of nitrogens with zero attached hydrogens (tertiary/aromatic N) is 2. The summed E-state index contributed by atoms with van der Waals surface area (Å²) in [5, 5.41) is 4.02. The van der Waals surface area contributed by atoms with Gasteiger partial charge in [-0.1, -0.05) is 24.4 Å². The van der Waals surface area contributed by atoms with Crippen LogP contribution in [0.25, 0.3) is 0 Å². The molecular weight excluding hydrogens is 260 g/mol. The minimum Gasteiger partial charge on any atom is -0.466 e. The number of carbonyl (C=O) groups is 1. The fourth-order valence-corrected chi connectivity index (χ4v) is 2.68. The van der Waals surface area contributed by atoms with E-state index in [1.54, 1.807) is 6.92 Å². The maximum Gasteiger partial charge on any atom is 0.315 e. The zero-order valence-corrected chi connectivity index (χ0v) is 12.2. The third-order valence-corrected chi connectivity index (χ3v) is 3.56. The molecule has 0 aliphatic heterocycles. The van der Waals surface area contributed by atoms with Crippen LogP contribution in [0.15, 0.2) is 4.52 Å². The van der Waals surface area contributed by atoms with Crippen LogP contribution in [0.1, 0.15) is 57.7 Å². The van der Waals surface area contributed by atoms with Crippen molar-refractivity contribution >= 4 is 5.97 Å². The summed E-state index contributed by atoms with van der Waals surface area (Å²) in [6.45, 7) is 4.70. The van der Waals surface area contributed by atoms with Crippen molar-refractivity contribution in [2.45, 2.75) is 58.0 Å². The van der Waals surface area contributed by atoms with E-state index in [1.807, 2.05) is 6.92 Å². The highest BCUT2D eigenvalue weighted by Gasteiger charge is 2.39. The molecule has 0 spiro atoms. The number of hydrogen-bond donors (Lipinski definition) is 0. The fraction of sp³-hybridized carbons (Fsp3) is 0.786. The second kappa shape index (κ2) is 6.83. The molecule has 20 heavy (non-hydrogen) atoms. The van der Waals surface area contributed by atoms with Crippen LogP contribution in [0.2, 0.25) is 0 Å². The molecule has 0 radical (unpaired) electrons. The van der Waals surface area contributed by atoms with Crippen LogP contribution in [0.5, 0.6) is 0 Å². The van der Waals surface area contributed by atoms with Crippen molar-refractivity contribution in [3.8, 4) is 0 Å². The Balaban J connectivity index is 2.10. The summed E-state index contributed by atoms with van der Waals surface area (Å²) >= 11 is 0. The molecule has 1 heterocycles. The van der Waals surface area contributed by atoms with Crippen LogP contribution in [0, 0.1) is 0 Å². The van der Waals surface area contributed by atoms with Gasteiger partial charge in [-0.15, -0.1) is 0 Å². The van der Waals surface area contributed by atoms with Crippen molar-refractivity contribution in [1.29, 1.82) is 0 Å². The summed E-state index contributed by atoms with van der Waals surface area (Å²) in [4.78, 5) is 15.8. The van der Waals surface area contributed by atoms with Gasteiger partial charge in [0.15, 0.2) is 0 Å². The highest BCUT2D eigenvalue weighted by molar-refractivity contribution is 5.71. The van der Waals surface area contributed by atoms with Gasteiger partial charge >= 0.3 is 5.97 Å². The van der Waals surface area contributed by atoms with Crippen molar-refractivity contribution in [1.82, 2.24) is 10.1 Å². The molecule has 1 aromatic heterocycles. The van der Waals surface area contributed by atoms with Gasteiger partial charge in [-0.3, -0.25) is 4.79 Å². The molecule has 1 fully saturated rings. The molecule has 1 aliphatic rings. The van der Waals surface area contributed by atoms with Gasteiger partial charge in [0.05, 0.1) is 6.61 Å². The second-order valence-electron chi connectivity index (χ2n) is 4.98. The van der Waals surface area contributed by atoms with Gasteiger partial charge in [-0.25, -0.2) is 0 Å². The van der Waals surface area contributed by atoms with Crippen molar-refractivity contribution < 1.29 is 18.8 Å². The fourth-order valence-electron chi connectivity index (χ4n) is 2.68. The molecule has 1 saturated carbocycles. The first-order chi connectivity index (χ1) is 9.70. The topological polar surface area (TPSA) is 74.5 Å². The first-order valence-corrected chi connectivity index (χ1v) is 7.33. The Bertz CT molecular complexity index is 433. The Morgan fingerprint density at radius 2 is 2.00 bits per heavy atom. The van der Waals surface area contributed by atoms with Gasteiger partial charge in [-0.2, -0.15) is 4.98 Å². The molecule has 0 atom stereocenters. The van der Waals surface area contributed by atoms with Crippen LogP contribution in [0.3, 0.4) is 0 Å². The lowest BCUT2D eigenvalue weighted by atomic mass is 9.84. The Hall–Kier alpha value is -1.43. The van der Waals surface area contributed by atoms with Gasteiger partial charge in [0.2, 0.25) is 11.7 Å². The molecule has 0 aromatic carbocycles. The molecule has 6 nitrogen and oxygen atoms in total. The van der Waals surface area contributed by atoms with Crippen molar-refractivity contribution in [2.75, 3.05) is 13.2 Å². The number of rotatable bonds is 6. The third-order valence-electron chi connectivity index (χ3n) is 3.56. The van der Waals surface area contributed by atoms with Crippen LogP contribution in [-0.2, 0) is 26.3 Å². The number of aromatic nitrogens is 2. The molecule has 6 heteroatoms. The summed E-state index contributed by atoms with van der Waals surface area (Å²) < 4.78 is 16.0. The van der Waals surface area contributed by atoms with Gasteiger partial charge < -0.3 is 14.0 Å². The van der Waals surface area contributed by atoms with E-state index >= 15 is 0 Å². The summed E-state index contributed by atoms with van der Waals surface area (Å²) in [7, 11) is 0. The number of carbonyl (C=O) groups excluding carboxylic acids is 1. The number of hydrogen-bond acceptors (Lipinski definition) is 6. The Morgan fingerprint density at radius 1 is 1.25 bits per heavy atom. The highest BCUT2D eigenvalue weighted by Crippen LogP contribution is 2.39. The molecule has 1 aromatic rings.